The third-order valence-corrected chi connectivity index (χ3v) is 18.2. The number of pyridine rings is 1. The van der Waals surface area contributed by atoms with Gasteiger partial charge in [0.2, 0.25) is 0 Å². The molecule has 0 radical (unpaired) electrons. The van der Waals surface area contributed by atoms with Crippen LogP contribution in [0.5, 0.6) is 11.5 Å². The first-order valence-corrected chi connectivity index (χ1v) is 30.7. The van der Waals surface area contributed by atoms with Crippen LogP contribution in [0.2, 0.25) is 0 Å². The maximum Gasteiger partial charge on any atom is 0.135 e. The number of para-hydroxylation sites is 3. The van der Waals surface area contributed by atoms with E-state index in [1.165, 1.54) is 75.6 Å². The molecule has 7 heteroatoms. The van der Waals surface area contributed by atoms with E-state index in [2.05, 4.69) is 309 Å². The minimum Gasteiger partial charge on any atom is -0.509 e. The Bertz CT molecular complexity index is 4240. The van der Waals surface area contributed by atoms with Crippen molar-refractivity contribution in [3.63, 3.8) is 0 Å². The number of benzene rings is 8. The molecule has 12 rings (SSSR count). The molecule has 1 aliphatic heterocycles. The van der Waals surface area contributed by atoms with Gasteiger partial charge in [0.25, 0.3) is 0 Å². The van der Waals surface area contributed by atoms with Gasteiger partial charge in [0, 0.05) is 92.6 Å². The Hall–Kier alpha value is -6.98. The zero-order valence-corrected chi connectivity index (χ0v) is 56.1. The monoisotopic (exact) mass is 1320 g/mol. The standard InChI is InChI=1S/C78H81N4OS.Pt/c1-73(2,3)50-34-35-79-69(44-50)82-66-33-32-62-61-24-19-22-29-68(61)84-72(62)70(66)63-31-30-57(46-67(63)82)83-58-43-55(78(16,17)18)42-56(45-58)80-47-81(65-28-21-20-27-64(65)80)71-59(48-36-51(74(4,5)6)40-52(37-48)75(7,8)9)25-23-26-60(71)49-38-53(76(10,11)12)41-54(39-49)77(13,14)15;/h19-44,47H,1-18H3;/q-3;. The summed E-state index contributed by atoms with van der Waals surface area (Å²) in [6, 6.07) is 64.4. The van der Waals surface area contributed by atoms with Crippen molar-refractivity contribution < 1.29 is 25.8 Å². The summed E-state index contributed by atoms with van der Waals surface area (Å²) in [4.78, 5) is 9.81. The maximum absolute atomic E-state index is 7.13. The van der Waals surface area contributed by atoms with Crippen LogP contribution in [-0.2, 0) is 53.6 Å². The Morgan fingerprint density at radius 1 is 0.447 bits per heavy atom. The summed E-state index contributed by atoms with van der Waals surface area (Å²) < 4.78 is 11.9. The van der Waals surface area contributed by atoms with Crippen molar-refractivity contribution in [2.45, 2.75) is 157 Å². The quantitative estimate of drug-likeness (QED) is 0.149. The average Bonchev–Trinajstić information content (AvgIpc) is 1.99. The largest absolute Gasteiger partial charge is 0.509 e. The van der Waals surface area contributed by atoms with Crippen LogP contribution in [-0.4, -0.2) is 9.55 Å². The number of nitrogens with zero attached hydrogens (tertiary/aromatic N) is 4. The first kappa shape index (κ1) is 59.7. The number of hydrogen-bond donors (Lipinski definition) is 0. The SMILES string of the molecule is CC(C)(C)c1cc(Oc2[c-]c3c(cc2)c2c4sc5ccccc5c4ccc2n3-c2cc(C(C)(C)C)ccn2)[c-]c(N2[CH-]N(c3c(-c4cc(C(C)(C)C)cc(C(C)(C)C)c4)cccc3-c3cc(C(C)(C)C)cc(C(C)(C)C)c3)c3ccccc32)c1.[Pt]. The van der Waals surface area contributed by atoms with E-state index in [4.69, 9.17) is 9.72 Å². The van der Waals surface area contributed by atoms with Gasteiger partial charge in [-0.15, -0.1) is 65.0 Å². The number of fused-ring (bicyclic) bond motifs is 8. The first-order chi connectivity index (χ1) is 39.4. The number of aromatic nitrogens is 2. The summed E-state index contributed by atoms with van der Waals surface area (Å²) >= 11 is 1.85. The summed E-state index contributed by atoms with van der Waals surface area (Å²) in [6.07, 6.45) is 1.94. The van der Waals surface area contributed by atoms with Crippen LogP contribution in [0.25, 0.3) is 70.0 Å². The predicted molar refractivity (Wildman–Crippen MR) is 360 cm³/mol. The van der Waals surface area contributed by atoms with Crippen LogP contribution in [0.3, 0.4) is 0 Å². The van der Waals surface area contributed by atoms with E-state index in [1.54, 1.807) is 0 Å². The first-order valence-electron chi connectivity index (χ1n) is 29.9. The topological polar surface area (TPSA) is 33.5 Å². The molecule has 85 heavy (non-hydrogen) atoms. The molecular formula is C78H81N4OPtS-3. The van der Waals surface area contributed by atoms with Gasteiger partial charge in [-0.1, -0.05) is 221 Å². The van der Waals surface area contributed by atoms with Crippen LogP contribution in [0.1, 0.15) is 158 Å². The maximum atomic E-state index is 7.13. The van der Waals surface area contributed by atoms with Crippen LogP contribution in [0, 0.1) is 18.8 Å². The molecule has 0 saturated heterocycles. The van der Waals surface area contributed by atoms with Gasteiger partial charge in [-0.05, 0) is 113 Å². The van der Waals surface area contributed by atoms with E-state index in [0.29, 0.717) is 11.5 Å². The second kappa shape index (κ2) is 21.2. The van der Waals surface area contributed by atoms with E-state index in [0.717, 1.165) is 50.6 Å². The van der Waals surface area contributed by atoms with Crippen LogP contribution in [0.15, 0.2) is 158 Å². The van der Waals surface area contributed by atoms with Crippen molar-refractivity contribution in [3.05, 3.63) is 210 Å². The van der Waals surface area contributed by atoms with E-state index in [9.17, 15) is 0 Å². The normalized spacial score (nSPS) is 13.6. The molecule has 5 nitrogen and oxygen atoms in total. The number of anilines is 4. The third kappa shape index (κ3) is 11.2. The van der Waals surface area contributed by atoms with Gasteiger partial charge >= 0.3 is 0 Å². The number of ether oxygens (including phenoxy) is 1. The van der Waals surface area contributed by atoms with Gasteiger partial charge in [-0.3, -0.25) is 0 Å². The molecule has 0 N–H and O–H groups in total. The number of thiophene rings is 1. The van der Waals surface area contributed by atoms with Crippen molar-refractivity contribution in [2.24, 2.45) is 0 Å². The molecule has 8 aromatic carbocycles. The molecular weight excluding hydrogens is 1240 g/mol. The van der Waals surface area contributed by atoms with Gasteiger partial charge in [-0.2, -0.15) is 6.07 Å². The minimum atomic E-state index is -0.230. The fourth-order valence-electron chi connectivity index (χ4n) is 11.8. The van der Waals surface area contributed by atoms with Crippen LogP contribution in [0.4, 0.5) is 22.7 Å². The summed E-state index contributed by atoms with van der Waals surface area (Å²) in [5.41, 5.74) is 17.9. The summed E-state index contributed by atoms with van der Waals surface area (Å²) in [5.74, 6) is 2.07. The molecule has 1 aliphatic rings. The number of hydrogen-bond acceptors (Lipinski definition) is 5. The average molecular weight is 1320 g/mol. The summed E-state index contributed by atoms with van der Waals surface area (Å²) in [6.45, 7) is 43.8. The van der Waals surface area contributed by atoms with Gasteiger partial charge in [0.15, 0.2) is 0 Å². The Morgan fingerprint density at radius 3 is 1.53 bits per heavy atom. The zero-order valence-electron chi connectivity index (χ0n) is 53.0. The Kier molecular flexibility index (Phi) is 14.9. The molecule has 0 bridgehead atoms. The van der Waals surface area contributed by atoms with Crippen molar-refractivity contribution in [1.29, 1.82) is 0 Å². The molecule has 4 heterocycles. The van der Waals surface area contributed by atoms with Crippen molar-refractivity contribution in [2.75, 3.05) is 9.80 Å². The Balaban J connectivity index is 0.00000752. The van der Waals surface area contributed by atoms with Crippen molar-refractivity contribution in [3.8, 4) is 39.6 Å². The van der Waals surface area contributed by atoms with E-state index in [-0.39, 0.29) is 53.6 Å². The minimum absolute atomic E-state index is 0. The van der Waals surface area contributed by atoms with E-state index < -0.39 is 0 Å². The second-order valence-corrected chi connectivity index (χ2v) is 30.7. The van der Waals surface area contributed by atoms with E-state index in [1.807, 2.05) is 17.5 Å². The van der Waals surface area contributed by atoms with Gasteiger partial charge < -0.3 is 19.1 Å². The third-order valence-electron chi connectivity index (χ3n) is 17.0. The Labute approximate surface area is 524 Å². The molecule has 11 aromatic rings. The second-order valence-electron chi connectivity index (χ2n) is 29.6. The molecule has 0 saturated carbocycles. The van der Waals surface area contributed by atoms with Crippen molar-refractivity contribution >= 4 is 76.1 Å². The molecule has 3 aromatic heterocycles. The Morgan fingerprint density at radius 2 is 0.965 bits per heavy atom. The molecule has 0 aliphatic carbocycles. The molecule has 0 amide bonds. The molecule has 438 valence electrons. The van der Waals surface area contributed by atoms with Crippen LogP contribution >= 0.6 is 11.3 Å². The predicted octanol–water partition coefficient (Wildman–Crippen LogP) is 22.5. The van der Waals surface area contributed by atoms with Gasteiger partial charge in [0.05, 0.1) is 0 Å². The zero-order chi connectivity index (χ0) is 59.8. The molecule has 0 atom stereocenters. The molecule has 0 unspecified atom stereocenters. The van der Waals surface area contributed by atoms with Crippen molar-refractivity contribution in [1.82, 2.24) is 9.55 Å². The van der Waals surface area contributed by atoms with Gasteiger partial charge in [0.1, 0.15) is 5.82 Å². The fourth-order valence-corrected chi connectivity index (χ4v) is 13.1. The molecule has 0 spiro atoms. The van der Waals surface area contributed by atoms with Crippen LogP contribution < -0.4 is 14.5 Å². The van der Waals surface area contributed by atoms with E-state index >= 15 is 0 Å². The summed E-state index contributed by atoms with van der Waals surface area (Å²) in [5, 5.41) is 4.83. The van der Waals surface area contributed by atoms with Gasteiger partial charge in [-0.25, -0.2) is 4.98 Å². The smallest absolute Gasteiger partial charge is 0.135 e. The number of rotatable bonds is 7. The fraction of sp³-hybridized carbons (Fsp3) is 0.308. The summed E-state index contributed by atoms with van der Waals surface area (Å²) in [7, 11) is 0. The molecule has 0 fully saturated rings.